The highest BCUT2D eigenvalue weighted by atomic mass is 35.5. The molecule has 1 N–H and O–H groups in total. The molecule has 1 aliphatic rings. The lowest BCUT2D eigenvalue weighted by atomic mass is 10.0. The molecule has 0 radical (unpaired) electrons. The lowest BCUT2D eigenvalue weighted by molar-refractivity contribution is -0.0515. The van der Waals surface area contributed by atoms with Crippen LogP contribution in [-0.4, -0.2) is 57.5 Å². The van der Waals surface area contributed by atoms with E-state index in [1.807, 2.05) is 0 Å². The largest absolute Gasteiger partial charge is 0.489 e. The first-order valence-corrected chi connectivity index (χ1v) is 17.5. The van der Waals surface area contributed by atoms with Gasteiger partial charge in [-0.25, -0.2) is 13.2 Å². The summed E-state index contributed by atoms with van der Waals surface area (Å²) in [4.78, 5) is 31.1. The number of alkyl halides is 2. The number of aromatic nitrogens is 1. The third-order valence-electron chi connectivity index (χ3n) is 7.13. The number of hydrogen-bond acceptors (Lipinski definition) is 9. The molecule has 0 aliphatic heterocycles. The monoisotopic (exact) mass is 739 g/mol. The van der Waals surface area contributed by atoms with Crippen LogP contribution in [0.3, 0.4) is 0 Å². The Balaban J connectivity index is 1.41. The van der Waals surface area contributed by atoms with Gasteiger partial charge in [0.05, 0.1) is 16.7 Å². The van der Waals surface area contributed by atoms with Crippen molar-refractivity contribution in [3.05, 3.63) is 98.6 Å². The average molecular weight is 741 g/mol. The molecule has 254 valence electrons. The van der Waals surface area contributed by atoms with E-state index in [9.17, 15) is 26.8 Å². The van der Waals surface area contributed by atoms with Crippen LogP contribution < -0.4 is 14.2 Å². The van der Waals surface area contributed by atoms with Crippen LogP contribution in [0.4, 0.5) is 14.5 Å². The number of nitrogens with one attached hydrogen (secondary N) is 1. The van der Waals surface area contributed by atoms with E-state index in [0.717, 1.165) is 12.8 Å². The second-order valence-corrected chi connectivity index (χ2v) is 14.8. The van der Waals surface area contributed by atoms with E-state index in [0.29, 0.717) is 35.0 Å². The van der Waals surface area contributed by atoms with Crippen LogP contribution in [0, 0.1) is 5.92 Å². The maximum atomic E-state index is 13.5. The number of anilines is 1. The highest BCUT2D eigenvalue weighted by molar-refractivity contribution is 7.94. The fraction of sp³-hybridized carbons (Fsp3) is 0.281. The lowest BCUT2D eigenvalue weighted by Gasteiger charge is -2.21. The van der Waals surface area contributed by atoms with Crippen LogP contribution in [0.5, 0.6) is 11.5 Å². The van der Waals surface area contributed by atoms with E-state index in [-0.39, 0.29) is 54.2 Å². The molecule has 5 rings (SSSR count). The third-order valence-corrected chi connectivity index (χ3v) is 10.7. The SMILES string of the molecule is CN(C)C(=O)c1cccc(NS(=O)(=O)c2ccc(C(=O)O[C@@H](Cc3c(Cl)cncc3Cl)c3ccc(OC(F)F)c(OCC4CC4)c3)s2)c1. The topological polar surface area (TPSA) is 124 Å². The zero-order valence-electron chi connectivity index (χ0n) is 25.5. The summed E-state index contributed by atoms with van der Waals surface area (Å²) in [5, 5.41) is 0.414. The molecule has 4 aromatic rings. The zero-order chi connectivity index (χ0) is 34.6. The second-order valence-electron chi connectivity index (χ2n) is 11.0. The van der Waals surface area contributed by atoms with Gasteiger partial charge in [-0.1, -0.05) is 35.3 Å². The Labute approximate surface area is 289 Å². The fourth-order valence-corrected chi connectivity index (χ4v) is 7.27. The number of carbonyl (C=O) groups is 2. The number of halogens is 4. The van der Waals surface area contributed by atoms with E-state index < -0.39 is 28.7 Å². The Morgan fingerprint density at radius 3 is 2.44 bits per heavy atom. The minimum absolute atomic E-state index is 0.0355. The van der Waals surface area contributed by atoms with E-state index >= 15 is 0 Å². The molecule has 1 amide bonds. The molecular weight excluding hydrogens is 711 g/mol. The summed E-state index contributed by atoms with van der Waals surface area (Å²) in [6.45, 7) is -2.79. The van der Waals surface area contributed by atoms with Crippen LogP contribution in [-0.2, 0) is 21.2 Å². The van der Waals surface area contributed by atoms with Gasteiger partial charge in [-0.3, -0.25) is 14.5 Å². The molecule has 16 heteroatoms. The average Bonchev–Trinajstić information content (AvgIpc) is 3.72. The Morgan fingerprint density at radius 1 is 1.04 bits per heavy atom. The molecule has 1 saturated carbocycles. The predicted molar refractivity (Wildman–Crippen MR) is 177 cm³/mol. The molecular formula is C32H29Cl2F2N3O7S2. The minimum atomic E-state index is -4.16. The minimum Gasteiger partial charge on any atom is -0.489 e. The van der Waals surface area contributed by atoms with Crippen molar-refractivity contribution in [3.8, 4) is 11.5 Å². The maximum Gasteiger partial charge on any atom is 0.387 e. The van der Waals surface area contributed by atoms with Crippen molar-refractivity contribution in [1.82, 2.24) is 9.88 Å². The summed E-state index contributed by atoms with van der Waals surface area (Å²) in [6.07, 6.45) is 3.56. The van der Waals surface area contributed by atoms with Gasteiger partial charge in [0.25, 0.3) is 15.9 Å². The first-order chi connectivity index (χ1) is 22.8. The van der Waals surface area contributed by atoms with Gasteiger partial charge in [0, 0.05) is 44.2 Å². The highest BCUT2D eigenvalue weighted by Crippen LogP contribution is 2.38. The second kappa shape index (κ2) is 15.1. The molecule has 0 saturated heterocycles. The quantitative estimate of drug-likeness (QED) is 0.132. The molecule has 48 heavy (non-hydrogen) atoms. The number of esters is 1. The van der Waals surface area contributed by atoms with Gasteiger partial charge in [0.15, 0.2) is 11.5 Å². The number of pyridine rings is 1. The summed E-state index contributed by atoms with van der Waals surface area (Å²) in [7, 11) is -0.999. The van der Waals surface area contributed by atoms with E-state index in [4.69, 9.17) is 32.7 Å². The van der Waals surface area contributed by atoms with Gasteiger partial charge in [0.2, 0.25) is 0 Å². The van der Waals surface area contributed by atoms with Crippen LogP contribution in [0.15, 0.2) is 71.2 Å². The van der Waals surface area contributed by atoms with Crippen molar-refractivity contribution in [2.45, 2.75) is 36.2 Å². The van der Waals surface area contributed by atoms with Crippen molar-refractivity contribution < 1.29 is 41.0 Å². The molecule has 1 fully saturated rings. The number of amides is 1. The molecule has 2 heterocycles. The van der Waals surface area contributed by atoms with E-state index in [1.54, 1.807) is 26.2 Å². The molecule has 2 aromatic carbocycles. The number of nitrogens with zero attached hydrogens (tertiary/aromatic N) is 2. The normalized spacial score (nSPS) is 13.6. The molecule has 2 aromatic heterocycles. The molecule has 1 aliphatic carbocycles. The lowest BCUT2D eigenvalue weighted by Crippen LogP contribution is -2.21. The summed E-state index contributed by atoms with van der Waals surface area (Å²) >= 11 is 13.4. The smallest absolute Gasteiger partial charge is 0.387 e. The molecule has 1 atom stereocenters. The van der Waals surface area contributed by atoms with Gasteiger partial charge in [-0.05, 0) is 72.4 Å². The van der Waals surface area contributed by atoms with Gasteiger partial charge in [0.1, 0.15) is 15.2 Å². The molecule has 0 unspecified atom stereocenters. The number of carbonyl (C=O) groups excluding carboxylic acids is 2. The van der Waals surface area contributed by atoms with Crippen LogP contribution in [0.25, 0.3) is 0 Å². The fourth-order valence-electron chi connectivity index (χ4n) is 4.51. The van der Waals surface area contributed by atoms with Crippen molar-refractivity contribution in [3.63, 3.8) is 0 Å². The first-order valence-electron chi connectivity index (χ1n) is 14.5. The summed E-state index contributed by atoms with van der Waals surface area (Å²) in [6, 6.07) is 12.8. The third kappa shape index (κ3) is 8.92. The molecule has 0 bridgehead atoms. The summed E-state index contributed by atoms with van der Waals surface area (Å²) < 4.78 is 71.3. The van der Waals surface area contributed by atoms with Crippen molar-refractivity contribution >= 4 is 62.1 Å². The van der Waals surface area contributed by atoms with E-state index in [1.165, 1.54) is 59.8 Å². The van der Waals surface area contributed by atoms with Crippen LogP contribution in [0.1, 0.15) is 50.1 Å². The van der Waals surface area contributed by atoms with Crippen molar-refractivity contribution in [2.75, 3.05) is 25.4 Å². The first kappa shape index (κ1) is 35.3. The summed E-state index contributed by atoms with van der Waals surface area (Å²) in [5.74, 6) is -1.01. The molecule has 10 nitrogen and oxygen atoms in total. The predicted octanol–water partition coefficient (Wildman–Crippen LogP) is 7.48. The summed E-state index contributed by atoms with van der Waals surface area (Å²) in [5.41, 5.74) is 1.21. The Hall–Kier alpha value is -3.98. The van der Waals surface area contributed by atoms with Gasteiger partial charge in [-0.2, -0.15) is 8.78 Å². The number of rotatable bonds is 14. The van der Waals surface area contributed by atoms with Crippen LogP contribution in [0.2, 0.25) is 10.0 Å². The Bertz CT molecular complexity index is 1900. The molecule has 0 spiro atoms. The number of hydrogen-bond donors (Lipinski definition) is 1. The van der Waals surface area contributed by atoms with E-state index in [2.05, 4.69) is 14.4 Å². The zero-order valence-corrected chi connectivity index (χ0v) is 28.6. The number of benzene rings is 2. The Kier molecular flexibility index (Phi) is 11.1. The Morgan fingerprint density at radius 2 is 1.77 bits per heavy atom. The number of sulfonamides is 1. The number of ether oxygens (including phenoxy) is 3. The van der Waals surface area contributed by atoms with Gasteiger partial charge in [-0.15, -0.1) is 11.3 Å². The van der Waals surface area contributed by atoms with Crippen LogP contribution >= 0.6 is 34.5 Å². The van der Waals surface area contributed by atoms with Gasteiger partial charge >= 0.3 is 12.6 Å². The standard InChI is InChI=1S/C32H29Cl2F2N3O7S2/c1-39(2)30(40)20-4-3-5-21(12-20)38-48(42,43)29-11-10-28(47-29)31(41)45-26(14-22-23(33)15-37-16-24(22)34)19-8-9-25(46-32(35)36)27(13-19)44-17-18-6-7-18/h3-5,8-13,15-16,18,26,32,38H,6-7,14,17H2,1-2H3/t26-/m0/s1. The van der Waals surface area contributed by atoms with Crippen molar-refractivity contribution in [1.29, 1.82) is 0 Å². The number of thiophene rings is 1. The van der Waals surface area contributed by atoms with Gasteiger partial charge < -0.3 is 19.1 Å². The highest BCUT2D eigenvalue weighted by Gasteiger charge is 2.28. The van der Waals surface area contributed by atoms with Crippen molar-refractivity contribution in [2.24, 2.45) is 5.92 Å². The maximum absolute atomic E-state index is 13.5.